The SMILES string of the molecule is CNC(Cc1ccc(C)cc1Cl)c1ccc(Br)s1. The third-order valence-corrected chi connectivity index (χ3v) is 5.01. The van der Waals surface area contributed by atoms with Crippen LogP contribution in [-0.4, -0.2) is 7.05 Å². The molecule has 0 aliphatic rings. The molecule has 1 aromatic heterocycles. The average molecular weight is 345 g/mol. The van der Waals surface area contributed by atoms with Crippen LogP contribution in [0.25, 0.3) is 0 Å². The van der Waals surface area contributed by atoms with Gasteiger partial charge in [-0.05, 0) is 65.6 Å². The van der Waals surface area contributed by atoms with Gasteiger partial charge in [0.25, 0.3) is 0 Å². The molecule has 0 aliphatic carbocycles. The van der Waals surface area contributed by atoms with Crippen molar-refractivity contribution in [2.24, 2.45) is 0 Å². The van der Waals surface area contributed by atoms with E-state index in [0.717, 1.165) is 15.2 Å². The van der Waals surface area contributed by atoms with Crippen molar-refractivity contribution in [2.45, 2.75) is 19.4 Å². The van der Waals surface area contributed by atoms with E-state index >= 15 is 0 Å². The molecule has 18 heavy (non-hydrogen) atoms. The lowest BCUT2D eigenvalue weighted by Crippen LogP contribution is -2.17. The summed E-state index contributed by atoms with van der Waals surface area (Å²) >= 11 is 11.6. The zero-order valence-electron chi connectivity index (χ0n) is 10.3. The van der Waals surface area contributed by atoms with Crippen LogP contribution in [0.1, 0.15) is 22.0 Å². The molecule has 1 nitrogen and oxygen atoms in total. The summed E-state index contributed by atoms with van der Waals surface area (Å²) in [6.07, 6.45) is 0.905. The number of benzene rings is 1. The first-order valence-electron chi connectivity index (χ1n) is 5.77. The number of halogens is 2. The molecular weight excluding hydrogens is 330 g/mol. The van der Waals surface area contributed by atoms with Gasteiger partial charge in [-0.25, -0.2) is 0 Å². The zero-order valence-corrected chi connectivity index (χ0v) is 13.5. The maximum atomic E-state index is 6.29. The van der Waals surface area contributed by atoms with Crippen molar-refractivity contribution < 1.29 is 0 Å². The first-order chi connectivity index (χ1) is 8.60. The minimum atomic E-state index is 0.307. The summed E-state index contributed by atoms with van der Waals surface area (Å²) in [5.41, 5.74) is 2.38. The van der Waals surface area contributed by atoms with Crippen LogP contribution in [0.15, 0.2) is 34.1 Å². The molecule has 1 atom stereocenters. The van der Waals surface area contributed by atoms with Crippen molar-refractivity contribution in [2.75, 3.05) is 7.05 Å². The summed E-state index contributed by atoms with van der Waals surface area (Å²) in [5.74, 6) is 0. The smallest absolute Gasteiger partial charge is 0.0701 e. The van der Waals surface area contributed by atoms with Crippen molar-refractivity contribution >= 4 is 38.9 Å². The molecule has 4 heteroatoms. The molecule has 2 aromatic rings. The average Bonchev–Trinajstić information content (AvgIpc) is 2.75. The lowest BCUT2D eigenvalue weighted by atomic mass is 10.0. The highest BCUT2D eigenvalue weighted by Gasteiger charge is 2.14. The molecule has 1 unspecified atom stereocenters. The summed E-state index contributed by atoms with van der Waals surface area (Å²) in [4.78, 5) is 1.32. The minimum absolute atomic E-state index is 0.307. The molecule has 0 radical (unpaired) electrons. The topological polar surface area (TPSA) is 12.0 Å². The molecule has 0 amide bonds. The van der Waals surface area contributed by atoms with E-state index in [1.54, 1.807) is 11.3 Å². The Balaban J connectivity index is 2.20. The number of hydrogen-bond acceptors (Lipinski definition) is 2. The Hall–Kier alpha value is -0.350. The third-order valence-electron chi connectivity index (χ3n) is 2.92. The number of hydrogen-bond donors (Lipinski definition) is 1. The number of aryl methyl sites for hydroxylation is 1. The second-order valence-corrected chi connectivity index (χ2v) is 7.18. The van der Waals surface area contributed by atoms with Crippen molar-refractivity contribution in [1.29, 1.82) is 0 Å². The Bertz CT molecular complexity index is 538. The van der Waals surface area contributed by atoms with Gasteiger partial charge in [0.05, 0.1) is 3.79 Å². The van der Waals surface area contributed by atoms with Crippen LogP contribution in [0.3, 0.4) is 0 Å². The van der Waals surface area contributed by atoms with Gasteiger partial charge < -0.3 is 5.32 Å². The van der Waals surface area contributed by atoms with E-state index in [1.165, 1.54) is 16.0 Å². The molecule has 0 saturated carbocycles. The van der Waals surface area contributed by atoms with Crippen LogP contribution < -0.4 is 5.32 Å². The standard InChI is InChI=1S/C14H15BrClNS/c1-9-3-4-10(11(16)7-9)8-12(17-2)13-5-6-14(15)18-13/h3-7,12,17H,8H2,1-2H3. The molecule has 0 bridgehead atoms. The van der Waals surface area contributed by atoms with Crippen LogP contribution in [0.4, 0.5) is 0 Å². The lowest BCUT2D eigenvalue weighted by Gasteiger charge is -2.15. The Kier molecular flexibility index (Phi) is 4.84. The molecule has 0 fully saturated rings. The summed E-state index contributed by atoms with van der Waals surface area (Å²) in [6, 6.07) is 10.8. The van der Waals surface area contributed by atoms with E-state index in [0.29, 0.717) is 6.04 Å². The highest BCUT2D eigenvalue weighted by molar-refractivity contribution is 9.11. The van der Waals surface area contributed by atoms with Crippen molar-refractivity contribution in [3.8, 4) is 0 Å². The maximum Gasteiger partial charge on any atom is 0.0701 e. The van der Waals surface area contributed by atoms with E-state index < -0.39 is 0 Å². The molecule has 0 aliphatic heterocycles. The van der Waals surface area contributed by atoms with Crippen LogP contribution in [0, 0.1) is 6.92 Å². The Labute approximate surface area is 125 Å². The van der Waals surface area contributed by atoms with Crippen LogP contribution in [-0.2, 0) is 6.42 Å². The summed E-state index contributed by atoms with van der Waals surface area (Å²) in [6.45, 7) is 2.06. The highest BCUT2D eigenvalue weighted by atomic mass is 79.9. The fourth-order valence-corrected chi connectivity index (χ4v) is 3.74. The van der Waals surface area contributed by atoms with Gasteiger partial charge in [0, 0.05) is 15.9 Å². The van der Waals surface area contributed by atoms with Gasteiger partial charge in [-0.1, -0.05) is 23.7 Å². The van der Waals surface area contributed by atoms with Gasteiger partial charge in [-0.2, -0.15) is 0 Å². The number of thiophene rings is 1. The number of rotatable bonds is 4. The second kappa shape index (κ2) is 6.20. The van der Waals surface area contributed by atoms with Crippen molar-refractivity contribution in [3.05, 3.63) is 55.1 Å². The Morgan fingerprint density at radius 2 is 2.11 bits per heavy atom. The minimum Gasteiger partial charge on any atom is -0.312 e. The van der Waals surface area contributed by atoms with Crippen LogP contribution >= 0.6 is 38.9 Å². The van der Waals surface area contributed by atoms with Gasteiger partial charge in [-0.15, -0.1) is 11.3 Å². The van der Waals surface area contributed by atoms with E-state index in [-0.39, 0.29) is 0 Å². The quantitative estimate of drug-likeness (QED) is 0.825. The molecule has 1 heterocycles. The maximum absolute atomic E-state index is 6.29. The summed E-state index contributed by atoms with van der Waals surface area (Å²) in [7, 11) is 1.99. The fraction of sp³-hybridized carbons (Fsp3) is 0.286. The van der Waals surface area contributed by atoms with Gasteiger partial charge in [-0.3, -0.25) is 0 Å². The van der Waals surface area contributed by atoms with E-state index in [1.807, 2.05) is 13.1 Å². The van der Waals surface area contributed by atoms with Gasteiger partial charge in [0.2, 0.25) is 0 Å². The van der Waals surface area contributed by atoms with E-state index in [2.05, 4.69) is 52.4 Å². The lowest BCUT2D eigenvalue weighted by molar-refractivity contribution is 0.602. The molecule has 2 rings (SSSR count). The second-order valence-electron chi connectivity index (χ2n) is 4.28. The third kappa shape index (κ3) is 3.35. The first kappa shape index (κ1) is 14.1. The van der Waals surface area contributed by atoms with Crippen LogP contribution in [0.2, 0.25) is 5.02 Å². The molecular formula is C14H15BrClNS. The Morgan fingerprint density at radius 1 is 1.33 bits per heavy atom. The van der Waals surface area contributed by atoms with Crippen molar-refractivity contribution in [1.82, 2.24) is 5.32 Å². The molecule has 0 spiro atoms. The normalized spacial score (nSPS) is 12.7. The zero-order chi connectivity index (χ0) is 13.1. The largest absolute Gasteiger partial charge is 0.312 e. The predicted octanol–water partition coefficient (Wildman–Crippen LogP) is 4.98. The number of likely N-dealkylation sites (N-methyl/N-ethyl adjacent to an activating group) is 1. The van der Waals surface area contributed by atoms with Crippen molar-refractivity contribution in [3.63, 3.8) is 0 Å². The van der Waals surface area contributed by atoms with Crippen LogP contribution in [0.5, 0.6) is 0 Å². The summed E-state index contributed by atoms with van der Waals surface area (Å²) < 4.78 is 1.16. The monoisotopic (exact) mass is 343 g/mol. The molecule has 1 aromatic carbocycles. The highest BCUT2D eigenvalue weighted by Crippen LogP contribution is 2.30. The number of nitrogens with one attached hydrogen (secondary N) is 1. The van der Waals surface area contributed by atoms with Gasteiger partial charge in [0.15, 0.2) is 0 Å². The summed E-state index contributed by atoms with van der Waals surface area (Å²) in [5, 5.41) is 4.21. The van der Waals surface area contributed by atoms with E-state index in [9.17, 15) is 0 Å². The van der Waals surface area contributed by atoms with E-state index in [4.69, 9.17) is 11.6 Å². The molecule has 96 valence electrons. The predicted molar refractivity (Wildman–Crippen MR) is 83.7 cm³/mol. The van der Waals surface area contributed by atoms with Gasteiger partial charge >= 0.3 is 0 Å². The van der Waals surface area contributed by atoms with Gasteiger partial charge in [0.1, 0.15) is 0 Å². The molecule has 1 N–H and O–H groups in total. The fourth-order valence-electron chi connectivity index (χ4n) is 1.90. The molecule has 0 saturated heterocycles. The first-order valence-corrected chi connectivity index (χ1v) is 7.76. The Morgan fingerprint density at radius 3 is 2.67 bits per heavy atom.